The van der Waals surface area contributed by atoms with Gasteiger partial charge in [0.1, 0.15) is 0 Å². The lowest BCUT2D eigenvalue weighted by molar-refractivity contribution is -0.137. The van der Waals surface area contributed by atoms with Crippen molar-refractivity contribution in [2.75, 3.05) is 33.0 Å². The summed E-state index contributed by atoms with van der Waals surface area (Å²) in [5, 5.41) is 0. The highest BCUT2D eigenvalue weighted by Gasteiger charge is 2.49. The smallest absolute Gasteiger partial charge is 0.228 e. The molecule has 3 aliphatic rings. The molecule has 4 rings (SSSR count). The van der Waals surface area contributed by atoms with Crippen molar-refractivity contribution in [3.8, 4) is 0 Å². The average molecular weight is 318 g/mol. The predicted molar refractivity (Wildman–Crippen MR) is 81.6 cm³/mol. The van der Waals surface area contributed by atoms with E-state index < -0.39 is 0 Å². The largest absolute Gasteiger partial charge is 0.381 e. The minimum absolute atomic E-state index is 0.00771. The van der Waals surface area contributed by atoms with Gasteiger partial charge in [0.15, 0.2) is 0 Å². The molecule has 3 aliphatic heterocycles. The summed E-state index contributed by atoms with van der Waals surface area (Å²) in [5.74, 6) is 0.488. The van der Waals surface area contributed by atoms with Crippen LogP contribution in [0.4, 0.5) is 0 Å². The van der Waals surface area contributed by atoms with E-state index in [4.69, 9.17) is 14.2 Å². The molecule has 23 heavy (non-hydrogen) atoms. The third-order valence-electron chi connectivity index (χ3n) is 5.10. The summed E-state index contributed by atoms with van der Waals surface area (Å²) in [6.07, 6.45) is 4.43. The lowest BCUT2D eigenvalue weighted by Gasteiger charge is -2.25. The minimum Gasteiger partial charge on any atom is -0.381 e. The molecule has 1 amide bonds. The fraction of sp³-hybridized carbons (Fsp3) is 0.647. The lowest BCUT2D eigenvalue weighted by atomic mass is 10.0. The molecule has 0 unspecified atom stereocenters. The molecule has 3 saturated heterocycles. The van der Waals surface area contributed by atoms with Crippen molar-refractivity contribution in [2.45, 2.75) is 25.2 Å². The Morgan fingerprint density at radius 1 is 1.35 bits per heavy atom. The molecule has 0 spiro atoms. The minimum atomic E-state index is 0.00771. The first-order valence-electron chi connectivity index (χ1n) is 8.29. The highest BCUT2D eigenvalue weighted by atomic mass is 16.5. The number of carbonyl (C=O) groups is 1. The van der Waals surface area contributed by atoms with E-state index >= 15 is 0 Å². The number of aromatic nitrogens is 1. The Morgan fingerprint density at radius 2 is 2.30 bits per heavy atom. The number of nitrogens with zero attached hydrogens (tertiary/aromatic N) is 2. The van der Waals surface area contributed by atoms with Crippen LogP contribution in [-0.4, -0.2) is 60.9 Å². The summed E-state index contributed by atoms with van der Waals surface area (Å²) in [6.45, 7) is 3.72. The molecular formula is C17H22N2O4. The number of amides is 1. The number of rotatable bonds is 4. The van der Waals surface area contributed by atoms with Crippen LogP contribution in [0.5, 0.6) is 0 Å². The molecule has 4 heterocycles. The van der Waals surface area contributed by atoms with Crippen LogP contribution in [0, 0.1) is 11.8 Å². The maximum absolute atomic E-state index is 12.7. The fourth-order valence-corrected chi connectivity index (χ4v) is 3.78. The van der Waals surface area contributed by atoms with E-state index in [9.17, 15) is 4.79 Å². The SMILES string of the molecule is O=C([C@H]1CCOC1)N1C[C@H](OCc2cccnc2)[C@H]2COC[C@H]21. The summed E-state index contributed by atoms with van der Waals surface area (Å²) in [5.41, 5.74) is 1.05. The van der Waals surface area contributed by atoms with E-state index in [2.05, 4.69) is 4.98 Å². The van der Waals surface area contributed by atoms with Crippen LogP contribution in [0.25, 0.3) is 0 Å². The van der Waals surface area contributed by atoms with Crippen molar-refractivity contribution < 1.29 is 19.0 Å². The molecule has 3 fully saturated rings. The molecule has 0 radical (unpaired) electrons. The highest BCUT2D eigenvalue weighted by molar-refractivity contribution is 5.80. The third kappa shape index (κ3) is 2.98. The average Bonchev–Trinajstić information content (AvgIpc) is 3.31. The number of carbonyl (C=O) groups excluding carboxylic acids is 1. The molecular weight excluding hydrogens is 296 g/mol. The van der Waals surface area contributed by atoms with Crippen LogP contribution < -0.4 is 0 Å². The fourth-order valence-electron chi connectivity index (χ4n) is 3.78. The standard InChI is InChI=1S/C17H22N2O4/c20-17(13-3-5-21-9-13)19-7-16(14-10-22-11-15(14)19)23-8-12-2-1-4-18-6-12/h1-2,4,6,13-16H,3,5,7-11H2/t13-,14-,15+,16-/m0/s1. The van der Waals surface area contributed by atoms with Gasteiger partial charge in [-0.05, 0) is 18.1 Å². The van der Waals surface area contributed by atoms with Gasteiger partial charge >= 0.3 is 0 Å². The number of ether oxygens (including phenoxy) is 3. The van der Waals surface area contributed by atoms with E-state index in [1.54, 1.807) is 6.20 Å². The second-order valence-electron chi connectivity index (χ2n) is 6.53. The van der Waals surface area contributed by atoms with Crippen LogP contribution in [0.3, 0.4) is 0 Å². The van der Waals surface area contributed by atoms with Gasteiger partial charge in [-0.3, -0.25) is 9.78 Å². The van der Waals surface area contributed by atoms with Crippen molar-refractivity contribution in [2.24, 2.45) is 11.8 Å². The number of likely N-dealkylation sites (tertiary alicyclic amines) is 1. The van der Waals surface area contributed by atoms with Crippen LogP contribution in [0.15, 0.2) is 24.5 Å². The Morgan fingerprint density at radius 3 is 3.09 bits per heavy atom. The molecule has 6 nitrogen and oxygen atoms in total. The van der Waals surface area contributed by atoms with Gasteiger partial charge < -0.3 is 19.1 Å². The number of hydrogen-bond acceptors (Lipinski definition) is 5. The second kappa shape index (κ2) is 6.55. The summed E-state index contributed by atoms with van der Waals surface area (Å²) < 4.78 is 17.1. The van der Waals surface area contributed by atoms with Gasteiger partial charge in [0.25, 0.3) is 0 Å². The van der Waals surface area contributed by atoms with Gasteiger partial charge in [-0.1, -0.05) is 6.07 Å². The number of fused-ring (bicyclic) bond motifs is 1. The number of hydrogen-bond donors (Lipinski definition) is 0. The Labute approximate surface area is 135 Å². The van der Waals surface area contributed by atoms with Gasteiger partial charge in [0.05, 0.1) is 44.5 Å². The zero-order valence-electron chi connectivity index (χ0n) is 13.1. The Kier molecular flexibility index (Phi) is 4.29. The predicted octanol–water partition coefficient (Wildman–Crippen LogP) is 0.860. The zero-order valence-corrected chi connectivity index (χ0v) is 13.1. The molecule has 0 aliphatic carbocycles. The molecule has 6 heteroatoms. The molecule has 1 aromatic rings. The van der Waals surface area contributed by atoms with Crippen LogP contribution in [0.1, 0.15) is 12.0 Å². The summed E-state index contributed by atoms with van der Waals surface area (Å²) in [4.78, 5) is 18.8. The molecule has 4 atom stereocenters. The first-order valence-corrected chi connectivity index (χ1v) is 8.29. The maximum Gasteiger partial charge on any atom is 0.228 e. The van der Waals surface area contributed by atoms with Crippen molar-refractivity contribution in [3.05, 3.63) is 30.1 Å². The van der Waals surface area contributed by atoms with E-state index in [-0.39, 0.29) is 29.9 Å². The molecule has 0 aromatic carbocycles. The van der Waals surface area contributed by atoms with Crippen LogP contribution in [0.2, 0.25) is 0 Å². The second-order valence-corrected chi connectivity index (χ2v) is 6.53. The molecule has 0 saturated carbocycles. The van der Waals surface area contributed by atoms with Gasteiger partial charge in [0, 0.05) is 31.5 Å². The van der Waals surface area contributed by atoms with Crippen LogP contribution >= 0.6 is 0 Å². The van der Waals surface area contributed by atoms with Crippen molar-refractivity contribution in [1.82, 2.24) is 9.88 Å². The van der Waals surface area contributed by atoms with Crippen molar-refractivity contribution in [1.29, 1.82) is 0 Å². The quantitative estimate of drug-likeness (QED) is 0.824. The Bertz CT molecular complexity index is 547. The Balaban J connectivity index is 1.41. The Hall–Kier alpha value is -1.50. The normalized spacial score (nSPS) is 33.1. The molecule has 0 N–H and O–H groups in total. The monoisotopic (exact) mass is 318 g/mol. The van der Waals surface area contributed by atoms with E-state index in [1.807, 2.05) is 23.2 Å². The van der Waals surface area contributed by atoms with Crippen molar-refractivity contribution in [3.63, 3.8) is 0 Å². The first kappa shape index (κ1) is 15.1. The highest BCUT2D eigenvalue weighted by Crippen LogP contribution is 2.34. The molecule has 0 bridgehead atoms. The van der Waals surface area contributed by atoms with Crippen molar-refractivity contribution >= 4 is 5.91 Å². The van der Waals surface area contributed by atoms with E-state index in [0.29, 0.717) is 39.6 Å². The van der Waals surface area contributed by atoms with Gasteiger partial charge in [-0.2, -0.15) is 0 Å². The van der Waals surface area contributed by atoms with E-state index in [0.717, 1.165) is 12.0 Å². The summed E-state index contributed by atoms with van der Waals surface area (Å²) in [6, 6.07) is 4.07. The van der Waals surface area contributed by atoms with Crippen LogP contribution in [-0.2, 0) is 25.6 Å². The van der Waals surface area contributed by atoms with Gasteiger partial charge in [-0.25, -0.2) is 0 Å². The maximum atomic E-state index is 12.7. The zero-order chi connectivity index (χ0) is 15.6. The summed E-state index contributed by atoms with van der Waals surface area (Å²) in [7, 11) is 0. The number of pyridine rings is 1. The van der Waals surface area contributed by atoms with Gasteiger partial charge in [0.2, 0.25) is 5.91 Å². The van der Waals surface area contributed by atoms with Gasteiger partial charge in [-0.15, -0.1) is 0 Å². The van der Waals surface area contributed by atoms with E-state index in [1.165, 1.54) is 0 Å². The molecule has 1 aromatic heterocycles. The molecule has 124 valence electrons. The topological polar surface area (TPSA) is 60.9 Å². The third-order valence-corrected chi connectivity index (χ3v) is 5.10. The lowest BCUT2D eigenvalue weighted by Crippen LogP contribution is -2.42. The first-order chi connectivity index (χ1) is 11.3. The summed E-state index contributed by atoms with van der Waals surface area (Å²) >= 11 is 0.